The second-order valence-corrected chi connectivity index (χ2v) is 8.83. The number of hydrogen-bond acceptors (Lipinski definition) is 7. The molecule has 0 atom stereocenters. The number of nitriles is 2. The molecule has 3 rings (SSSR count). The Bertz CT molecular complexity index is 1350. The average molecular weight is 465 g/mol. The minimum atomic E-state index is -1.10. The fourth-order valence-corrected chi connectivity index (χ4v) is 5.64. The van der Waals surface area contributed by atoms with Crippen molar-refractivity contribution in [3.63, 3.8) is 0 Å². The summed E-state index contributed by atoms with van der Waals surface area (Å²) in [6, 6.07) is 10.2. The smallest absolute Gasteiger partial charge is 0.336 e. The number of aromatic nitrogens is 1. The molecule has 32 heavy (non-hydrogen) atoms. The molecule has 1 saturated heterocycles. The second-order valence-electron chi connectivity index (χ2n) is 6.71. The number of allylic oxidation sites excluding steroid dienone is 2. The van der Waals surface area contributed by atoms with Crippen molar-refractivity contribution in [3.05, 3.63) is 78.7 Å². The van der Waals surface area contributed by atoms with Gasteiger partial charge in [0.25, 0.3) is 5.56 Å². The zero-order valence-corrected chi connectivity index (χ0v) is 19.0. The third kappa shape index (κ3) is 4.40. The van der Waals surface area contributed by atoms with Crippen molar-refractivity contribution in [2.75, 3.05) is 18.8 Å². The van der Waals surface area contributed by atoms with Crippen molar-refractivity contribution < 1.29 is 9.90 Å². The molecule has 7 nitrogen and oxygen atoms in total. The number of hydrogen-bond donors (Lipinski definition) is 1. The lowest BCUT2D eigenvalue weighted by Gasteiger charge is -2.17. The molecular formula is C23H20N4O3S2. The van der Waals surface area contributed by atoms with Gasteiger partial charge < -0.3 is 10.0 Å². The van der Waals surface area contributed by atoms with E-state index >= 15 is 0 Å². The molecule has 0 radical (unpaired) electrons. The minimum absolute atomic E-state index is 0.0692. The lowest BCUT2D eigenvalue weighted by Crippen LogP contribution is -2.32. The predicted octanol–water partition coefficient (Wildman–Crippen LogP) is 2.10. The van der Waals surface area contributed by atoms with Crippen LogP contribution in [-0.4, -0.2) is 39.4 Å². The van der Waals surface area contributed by atoms with Gasteiger partial charge >= 0.3 is 5.97 Å². The molecule has 0 unspecified atom stereocenters. The van der Waals surface area contributed by atoms with E-state index in [1.54, 1.807) is 30.0 Å². The maximum absolute atomic E-state index is 13.4. The maximum atomic E-state index is 13.4. The standard InChI is InChI=1S/C23H20N4O3S2/c1-3-9-27-21(28)20(32-22(27)15(13-24)14-25)18(12-19-26(4-2)10-11-31-19)16-7-5-6-8-17(16)23(29)30/h3,5-8,12H,1,4,9-11H2,2H3,(H,29,30)/b19-12-,20-18-. The topological polar surface area (TPSA) is 110 Å². The zero-order valence-electron chi connectivity index (χ0n) is 17.4. The van der Waals surface area contributed by atoms with Gasteiger partial charge in [-0.05, 0) is 24.6 Å². The summed E-state index contributed by atoms with van der Waals surface area (Å²) in [6.07, 6.45) is 3.36. The molecule has 1 fully saturated rings. The van der Waals surface area contributed by atoms with Gasteiger partial charge in [-0.1, -0.05) is 24.3 Å². The summed E-state index contributed by atoms with van der Waals surface area (Å²) in [4.78, 5) is 27.5. The van der Waals surface area contributed by atoms with Crippen LogP contribution in [0, 0.1) is 22.7 Å². The highest BCUT2D eigenvalue weighted by Gasteiger charge is 2.21. The number of carboxylic acids is 1. The van der Waals surface area contributed by atoms with Crippen LogP contribution in [0.2, 0.25) is 0 Å². The van der Waals surface area contributed by atoms with Crippen LogP contribution >= 0.6 is 23.1 Å². The number of thiazole rings is 1. The second kappa shape index (κ2) is 10.2. The van der Waals surface area contributed by atoms with Gasteiger partial charge in [0.1, 0.15) is 21.3 Å². The molecule has 0 aliphatic carbocycles. The molecule has 0 amide bonds. The summed E-state index contributed by atoms with van der Waals surface area (Å²) in [7, 11) is 0. The Hall–Kier alpha value is -3.53. The molecule has 0 saturated carbocycles. The first-order chi connectivity index (χ1) is 15.5. The Morgan fingerprint density at radius 2 is 1.97 bits per heavy atom. The van der Waals surface area contributed by atoms with E-state index in [-0.39, 0.29) is 26.9 Å². The van der Waals surface area contributed by atoms with Crippen molar-refractivity contribution in [3.8, 4) is 12.1 Å². The number of nitrogens with zero attached hydrogens (tertiary/aromatic N) is 4. The molecule has 0 bridgehead atoms. The first kappa shape index (κ1) is 23.1. The van der Waals surface area contributed by atoms with Crippen LogP contribution in [0.25, 0.3) is 11.1 Å². The van der Waals surface area contributed by atoms with E-state index in [4.69, 9.17) is 0 Å². The number of rotatable bonds is 6. The van der Waals surface area contributed by atoms with Gasteiger partial charge in [-0.15, -0.1) is 29.7 Å². The molecule has 0 spiro atoms. The van der Waals surface area contributed by atoms with Gasteiger partial charge in [0.2, 0.25) is 0 Å². The number of thioether (sulfide) groups is 1. The van der Waals surface area contributed by atoms with E-state index < -0.39 is 11.5 Å². The van der Waals surface area contributed by atoms with Gasteiger partial charge in [-0.2, -0.15) is 10.5 Å². The van der Waals surface area contributed by atoms with Crippen LogP contribution in [0.1, 0.15) is 22.8 Å². The van der Waals surface area contributed by atoms with E-state index in [0.717, 1.165) is 35.2 Å². The fraction of sp³-hybridized carbons (Fsp3) is 0.217. The molecule has 9 heteroatoms. The van der Waals surface area contributed by atoms with E-state index in [0.29, 0.717) is 11.1 Å². The molecular weight excluding hydrogens is 444 g/mol. The first-order valence-corrected chi connectivity index (χ1v) is 11.6. The van der Waals surface area contributed by atoms with Gasteiger partial charge in [-0.25, -0.2) is 4.79 Å². The third-order valence-corrected chi connectivity index (χ3v) is 7.17. The van der Waals surface area contributed by atoms with Gasteiger partial charge in [0.05, 0.1) is 10.6 Å². The van der Waals surface area contributed by atoms with Crippen LogP contribution in [0.15, 0.2) is 52.8 Å². The largest absolute Gasteiger partial charge is 0.478 e. The highest BCUT2D eigenvalue weighted by Crippen LogP contribution is 2.30. The van der Waals surface area contributed by atoms with Crippen molar-refractivity contribution >= 4 is 40.2 Å². The molecule has 1 aromatic carbocycles. The molecule has 1 aliphatic heterocycles. The lowest BCUT2D eigenvalue weighted by molar-refractivity contribution is 0.0696. The van der Waals surface area contributed by atoms with Gasteiger partial charge in [-0.3, -0.25) is 9.36 Å². The normalized spacial score (nSPS) is 15.2. The van der Waals surface area contributed by atoms with E-state index in [1.165, 1.54) is 16.7 Å². The van der Waals surface area contributed by atoms with E-state index in [1.807, 2.05) is 25.1 Å². The third-order valence-electron chi connectivity index (χ3n) is 4.90. The average Bonchev–Trinajstić information content (AvgIpc) is 3.38. The van der Waals surface area contributed by atoms with Crippen LogP contribution in [0.5, 0.6) is 0 Å². The Morgan fingerprint density at radius 3 is 2.56 bits per heavy atom. The lowest BCUT2D eigenvalue weighted by atomic mass is 9.99. The monoisotopic (exact) mass is 464 g/mol. The summed E-state index contributed by atoms with van der Waals surface area (Å²) in [6.45, 7) is 7.46. The Kier molecular flexibility index (Phi) is 7.37. The van der Waals surface area contributed by atoms with Gasteiger partial charge in [0.15, 0.2) is 5.57 Å². The predicted molar refractivity (Wildman–Crippen MR) is 126 cm³/mol. The SMILES string of the molecule is C=CCn1c(=C(C#N)C#N)s/c(=C(/C=C2\SCCN2CC)c2ccccc2C(=O)O)c1=O. The fourth-order valence-electron chi connectivity index (χ4n) is 3.38. The zero-order chi connectivity index (χ0) is 23.3. The summed E-state index contributed by atoms with van der Waals surface area (Å²) in [5.41, 5.74) is 0.359. The Morgan fingerprint density at radius 1 is 1.28 bits per heavy atom. The van der Waals surface area contributed by atoms with Crippen molar-refractivity contribution in [2.45, 2.75) is 13.5 Å². The van der Waals surface area contributed by atoms with Crippen LogP contribution in [-0.2, 0) is 6.54 Å². The molecule has 2 aromatic rings. The minimum Gasteiger partial charge on any atom is -0.478 e. The first-order valence-electron chi connectivity index (χ1n) is 9.78. The number of benzene rings is 1. The molecule has 1 aliphatic rings. The number of carbonyl (C=O) groups is 1. The highest BCUT2D eigenvalue weighted by molar-refractivity contribution is 8.03. The van der Waals surface area contributed by atoms with Crippen LogP contribution in [0.4, 0.5) is 0 Å². The quantitative estimate of drug-likeness (QED) is 0.652. The van der Waals surface area contributed by atoms with Crippen molar-refractivity contribution in [1.82, 2.24) is 9.47 Å². The summed E-state index contributed by atoms with van der Waals surface area (Å²) in [5.74, 6) is -0.211. The molecule has 1 N–H and O–H groups in total. The summed E-state index contributed by atoms with van der Waals surface area (Å²) in [5, 5.41) is 29.5. The Balaban J connectivity index is 2.53. The molecule has 2 heterocycles. The highest BCUT2D eigenvalue weighted by atomic mass is 32.2. The van der Waals surface area contributed by atoms with Crippen molar-refractivity contribution in [2.24, 2.45) is 0 Å². The van der Waals surface area contributed by atoms with Crippen LogP contribution < -0.4 is 14.8 Å². The molecule has 162 valence electrons. The number of aromatic carboxylic acids is 1. The maximum Gasteiger partial charge on any atom is 0.336 e. The summed E-state index contributed by atoms with van der Waals surface area (Å²) < 4.78 is 1.83. The number of carboxylic acid groups (broad SMARTS) is 1. The van der Waals surface area contributed by atoms with Crippen LogP contribution in [0.3, 0.4) is 0 Å². The van der Waals surface area contributed by atoms with E-state index in [9.17, 15) is 25.2 Å². The van der Waals surface area contributed by atoms with Gasteiger partial charge in [0, 0.05) is 31.0 Å². The summed E-state index contributed by atoms with van der Waals surface area (Å²) >= 11 is 2.66. The van der Waals surface area contributed by atoms with Crippen molar-refractivity contribution in [1.29, 1.82) is 10.5 Å². The molecule has 1 aromatic heterocycles. The van der Waals surface area contributed by atoms with E-state index in [2.05, 4.69) is 11.5 Å². The Labute approximate surface area is 193 Å².